The highest BCUT2D eigenvalue weighted by atomic mass is 16.5. The average molecular weight is 1050 g/mol. The summed E-state index contributed by atoms with van der Waals surface area (Å²) in [5.41, 5.74) is -2.80. The average Bonchev–Trinajstić information content (AvgIpc) is 3.71. The summed E-state index contributed by atoms with van der Waals surface area (Å²) in [4.78, 5) is 53.7. The Morgan fingerprint density at radius 3 is 1.47 bits per heavy atom. The van der Waals surface area contributed by atoms with Crippen molar-refractivity contribution >= 4 is 23.6 Å². The molecule has 14 heteroatoms. The van der Waals surface area contributed by atoms with E-state index in [9.17, 15) is 24.3 Å². The minimum Gasteiger partial charge on any atom is -0.379 e. The Kier molecular flexibility index (Phi) is 31.0. The first-order valence-corrected chi connectivity index (χ1v) is 29.6. The summed E-state index contributed by atoms with van der Waals surface area (Å²) >= 11 is 0. The van der Waals surface area contributed by atoms with Crippen LogP contribution < -0.4 is 26.6 Å². The predicted molar refractivity (Wildman–Crippen MR) is 301 cm³/mol. The second kappa shape index (κ2) is 33.8. The molecule has 0 aromatic carbocycles. The Morgan fingerprint density at radius 2 is 0.959 bits per heavy atom. The van der Waals surface area contributed by atoms with Crippen LogP contribution in [0.5, 0.6) is 0 Å². The second-order valence-electron chi connectivity index (χ2n) is 26.7. The number of rotatable bonds is 39. The van der Waals surface area contributed by atoms with Crippen molar-refractivity contribution in [2.24, 2.45) is 29.6 Å². The molecular weight excluding hydrogens is 935 g/mol. The van der Waals surface area contributed by atoms with E-state index in [2.05, 4.69) is 95.8 Å². The lowest BCUT2D eigenvalue weighted by Crippen LogP contribution is -2.59. The largest absolute Gasteiger partial charge is 0.379 e. The summed E-state index contributed by atoms with van der Waals surface area (Å²) in [7, 11) is 0. The molecule has 0 spiro atoms. The fourth-order valence-corrected chi connectivity index (χ4v) is 10.3. The van der Waals surface area contributed by atoms with Gasteiger partial charge in [0.2, 0.25) is 23.6 Å². The molecule has 0 saturated heterocycles. The van der Waals surface area contributed by atoms with E-state index in [0.29, 0.717) is 30.6 Å². The Morgan fingerprint density at radius 1 is 0.514 bits per heavy atom. The Hall–Kier alpha value is -2.36. The molecule has 2 rings (SSSR count). The molecule has 14 nitrogen and oxygen atoms in total. The van der Waals surface area contributed by atoms with Gasteiger partial charge in [0.1, 0.15) is 11.8 Å². The van der Waals surface area contributed by atoms with Crippen LogP contribution in [0.2, 0.25) is 0 Å². The van der Waals surface area contributed by atoms with Crippen LogP contribution in [0.3, 0.4) is 0 Å². The van der Waals surface area contributed by atoms with Gasteiger partial charge in [0.05, 0.1) is 57.4 Å². The van der Waals surface area contributed by atoms with E-state index >= 15 is 0 Å². The van der Waals surface area contributed by atoms with Crippen molar-refractivity contribution < 1.29 is 43.2 Å². The van der Waals surface area contributed by atoms with E-state index in [1.807, 2.05) is 34.6 Å². The number of amides is 4. The zero-order valence-corrected chi connectivity index (χ0v) is 50.1. The zero-order chi connectivity index (χ0) is 55.6. The molecule has 434 valence electrons. The Labute approximate surface area is 452 Å². The van der Waals surface area contributed by atoms with E-state index < -0.39 is 17.4 Å². The van der Waals surface area contributed by atoms with Crippen molar-refractivity contribution in [2.75, 3.05) is 39.6 Å². The minimum atomic E-state index is -1.22. The van der Waals surface area contributed by atoms with Crippen LogP contribution in [0.1, 0.15) is 245 Å². The number of hydrogen-bond acceptors (Lipinski definition) is 10. The van der Waals surface area contributed by atoms with Crippen molar-refractivity contribution in [3.8, 4) is 0 Å². The predicted octanol–water partition coefficient (Wildman–Crippen LogP) is 10.8. The zero-order valence-electron chi connectivity index (χ0n) is 50.1. The van der Waals surface area contributed by atoms with Gasteiger partial charge >= 0.3 is 0 Å². The van der Waals surface area contributed by atoms with Crippen LogP contribution in [0.4, 0.5) is 0 Å². The molecule has 4 atom stereocenters. The van der Waals surface area contributed by atoms with Gasteiger partial charge < -0.3 is 45.3 Å². The lowest BCUT2D eigenvalue weighted by atomic mass is 9.88. The molecular formula is C60H115N5O9. The van der Waals surface area contributed by atoms with Gasteiger partial charge in [-0.3, -0.25) is 24.5 Å². The molecule has 6 N–H and O–H groups in total. The number of carbonyl (C=O) groups excluding carboxylic acids is 4. The summed E-state index contributed by atoms with van der Waals surface area (Å²) in [5, 5.41) is 26.9. The summed E-state index contributed by atoms with van der Waals surface area (Å²) in [6.07, 6.45) is 18.8. The molecule has 0 aliphatic heterocycles. The van der Waals surface area contributed by atoms with Gasteiger partial charge in [-0.05, 0) is 163 Å². The quantitative estimate of drug-likeness (QED) is 0.0197. The molecule has 4 amide bonds. The fraction of sp³-hybridized carbons (Fsp3) is 0.933. The second-order valence-corrected chi connectivity index (χ2v) is 26.7. The molecule has 0 radical (unpaired) electrons. The molecule has 74 heavy (non-hydrogen) atoms. The molecule has 0 aromatic heterocycles. The number of nitrogens with one attached hydrogen (secondary N) is 5. The molecule has 0 aromatic rings. The van der Waals surface area contributed by atoms with E-state index in [0.717, 1.165) is 63.2 Å². The maximum absolute atomic E-state index is 14.0. The van der Waals surface area contributed by atoms with Crippen LogP contribution in [-0.2, 0) is 38.1 Å². The summed E-state index contributed by atoms with van der Waals surface area (Å²) in [6.45, 7) is 31.7. The van der Waals surface area contributed by atoms with Gasteiger partial charge in [0, 0.05) is 48.7 Å². The highest BCUT2D eigenvalue weighted by molar-refractivity contribution is 5.79. The minimum absolute atomic E-state index is 0.0275. The van der Waals surface area contributed by atoms with Crippen molar-refractivity contribution in [2.45, 2.75) is 291 Å². The normalized spacial score (nSPS) is 18.4. The monoisotopic (exact) mass is 1050 g/mol. The smallest absolute Gasteiger partial charge is 0.222 e. The number of aliphatic hydroxyl groups is 1. The third-order valence-electron chi connectivity index (χ3n) is 15.5. The van der Waals surface area contributed by atoms with Crippen LogP contribution in [0.15, 0.2) is 0 Å². The number of hydrogen-bond donors (Lipinski definition) is 6. The molecule has 0 heterocycles. The van der Waals surface area contributed by atoms with Gasteiger partial charge in [-0.15, -0.1) is 0 Å². The van der Waals surface area contributed by atoms with Crippen molar-refractivity contribution in [3.05, 3.63) is 0 Å². The van der Waals surface area contributed by atoms with Crippen LogP contribution >= 0.6 is 0 Å². The topological polar surface area (TPSA) is 186 Å². The number of carbonyl (C=O) groups is 4. The molecule has 2 saturated carbocycles. The van der Waals surface area contributed by atoms with Gasteiger partial charge in [-0.2, -0.15) is 0 Å². The maximum Gasteiger partial charge on any atom is 0.222 e. The first-order valence-electron chi connectivity index (χ1n) is 29.6. The highest BCUT2D eigenvalue weighted by Gasteiger charge is 2.36. The van der Waals surface area contributed by atoms with E-state index in [1.54, 1.807) is 0 Å². The summed E-state index contributed by atoms with van der Waals surface area (Å²) in [6, 6.07) is -0.235. The molecule has 2 aliphatic carbocycles. The lowest BCUT2D eigenvalue weighted by Gasteiger charge is -2.36. The standard InChI is InChI=1S/C60H115N5O9/c1-44(2)28-34-56(8,9)62-53(68)31-37-71-41-60(42-72-38-32-54(69)63-57(10,11)35-29-45(3)4,43-73-39-33-55(70)64-58(12,13)36-30-46(5)6)65-52(67)25-19-24-51(66)61-47(7)59(14,15)74-50-23-18-22-49(26-27-50)40-48-20-16-17-21-48/h44-50,53,62,68H,16-43H2,1-15H3,(H,61,66)(H,63,69)(H,64,70)(H,65,67). The fourth-order valence-electron chi connectivity index (χ4n) is 10.3. The van der Waals surface area contributed by atoms with Crippen molar-refractivity contribution in [3.63, 3.8) is 0 Å². The van der Waals surface area contributed by atoms with E-state index in [4.69, 9.17) is 18.9 Å². The summed E-state index contributed by atoms with van der Waals surface area (Å²) in [5.74, 6) is 2.58. The van der Waals surface area contributed by atoms with Gasteiger partial charge in [-0.1, -0.05) is 80.1 Å². The first kappa shape index (κ1) is 67.7. The number of ether oxygens (including phenoxy) is 4. The third-order valence-corrected chi connectivity index (χ3v) is 15.5. The molecule has 0 bridgehead atoms. The van der Waals surface area contributed by atoms with Gasteiger partial charge in [0.25, 0.3) is 0 Å². The van der Waals surface area contributed by atoms with Crippen molar-refractivity contribution in [1.82, 2.24) is 26.6 Å². The van der Waals surface area contributed by atoms with Gasteiger partial charge in [-0.25, -0.2) is 0 Å². The van der Waals surface area contributed by atoms with E-state index in [1.165, 1.54) is 51.4 Å². The maximum atomic E-state index is 14.0. The lowest BCUT2D eigenvalue weighted by molar-refractivity contribution is -0.131. The highest BCUT2D eigenvalue weighted by Crippen LogP contribution is 2.37. The third kappa shape index (κ3) is 31.1. The van der Waals surface area contributed by atoms with Crippen LogP contribution in [0.25, 0.3) is 0 Å². The molecule has 2 fully saturated rings. The SMILES string of the molecule is CC(C)CCC(C)(C)NC(=O)CCOCC(COCCC(=O)NC(C)(C)CCC(C)C)(COCCC(O)NC(C)(C)CCC(C)C)NC(=O)CCCC(=O)NC(C)C(C)(C)OC1CCCC(CC2CCCC2)CC1. The molecule has 4 unspecified atom stereocenters. The Balaban J connectivity index is 2.17. The molecule has 2 aliphatic rings. The Bertz CT molecular complexity index is 1550. The van der Waals surface area contributed by atoms with Crippen LogP contribution in [-0.4, -0.2) is 115 Å². The number of aliphatic hydroxyl groups excluding tert-OH is 1. The van der Waals surface area contributed by atoms with Crippen molar-refractivity contribution in [1.29, 1.82) is 0 Å². The van der Waals surface area contributed by atoms with Gasteiger partial charge in [0.15, 0.2) is 0 Å². The summed E-state index contributed by atoms with van der Waals surface area (Å²) < 4.78 is 25.4. The van der Waals surface area contributed by atoms with E-state index in [-0.39, 0.29) is 118 Å². The van der Waals surface area contributed by atoms with Crippen LogP contribution in [0, 0.1) is 29.6 Å². The first-order chi connectivity index (χ1) is 34.5.